The van der Waals surface area contributed by atoms with Crippen LogP contribution in [0.3, 0.4) is 0 Å². The van der Waals surface area contributed by atoms with E-state index in [1.165, 1.54) is 18.6 Å². The highest BCUT2D eigenvalue weighted by Gasteiger charge is 2.25. The van der Waals surface area contributed by atoms with Crippen molar-refractivity contribution < 1.29 is 9.18 Å². The minimum Gasteiger partial charge on any atom is -0.325 e. The SMILES string of the molecule is N#CNC(=O)c1cncc(-c2ccc3ncnc(N4CCc5cc(F)c(Cl)cc54)c3c2)c1. The topological polar surface area (TPSA) is 94.8 Å². The normalized spacial score (nSPS) is 12.5. The summed E-state index contributed by atoms with van der Waals surface area (Å²) in [5, 5.41) is 11.6. The molecule has 0 saturated heterocycles. The molecular formula is C23H14ClFN6O. The van der Waals surface area contributed by atoms with E-state index in [9.17, 15) is 9.18 Å². The van der Waals surface area contributed by atoms with E-state index in [1.54, 1.807) is 24.5 Å². The van der Waals surface area contributed by atoms with Crippen LogP contribution >= 0.6 is 11.6 Å². The Balaban J connectivity index is 1.61. The van der Waals surface area contributed by atoms with Crippen LogP contribution in [0.25, 0.3) is 22.0 Å². The summed E-state index contributed by atoms with van der Waals surface area (Å²) in [7, 11) is 0. The van der Waals surface area contributed by atoms with E-state index in [0.29, 0.717) is 24.3 Å². The number of nitrogens with zero attached hydrogens (tertiary/aromatic N) is 5. The third-order valence-corrected chi connectivity index (χ3v) is 5.68. The van der Waals surface area contributed by atoms with Gasteiger partial charge in [-0.2, -0.15) is 5.26 Å². The lowest BCUT2D eigenvalue weighted by molar-refractivity contribution is 0.0972. The number of hydrogen-bond donors (Lipinski definition) is 1. The maximum atomic E-state index is 13.9. The molecule has 1 N–H and O–H groups in total. The number of carbonyl (C=O) groups is 1. The van der Waals surface area contributed by atoms with Crippen molar-refractivity contribution in [2.75, 3.05) is 11.4 Å². The Morgan fingerprint density at radius 2 is 2.03 bits per heavy atom. The van der Waals surface area contributed by atoms with Crippen molar-refractivity contribution in [2.24, 2.45) is 0 Å². The number of nitrogens with one attached hydrogen (secondary N) is 1. The average Bonchev–Trinajstić information content (AvgIpc) is 3.21. The van der Waals surface area contributed by atoms with Crippen LogP contribution in [0, 0.1) is 17.3 Å². The summed E-state index contributed by atoms with van der Waals surface area (Å²) < 4.78 is 13.9. The van der Waals surface area contributed by atoms with Crippen molar-refractivity contribution in [1.82, 2.24) is 20.3 Å². The van der Waals surface area contributed by atoms with Gasteiger partial charge < -0.3 is 4.90 Å². The maximum absolute atomic E-state index is 13.9. The zero-order chi connectivity index (χ0) is 22.2. The lowest BCUT2D eigenvalue weighted by Gasteiger charge is -2.20. The third kappa shape index (κ3) is 3.39. The van der Waals surface area contributed by atoms with Crippen LogP contribution in [-0.4, -0.2) is 27.4 Å². The molecule has 1 aliphatic heterocycles. The molecule has 5 rings (SSSR count). The van der Waals surface area contributed by atoms with Gasteiger partial charge >= 0.3 is 0 Å². The van der Waals surface area contributed by atoms with Gasteiger partial charge in [0.1, 0.15) is 18.0 Å². The Kier molecular flexibility index (Phi) is 4.88. The van der Waals surface area contributed by atoms with Gasteiger partial charge in [0, 0.05) is 35.6 Å². The minimum atomic E-state index is -0.524. The molecule has 156 valence electrons. The Morgan fingerprint density at radius 3 is 2.88 bits per heavy atom. The molecule has 0 spiro atoms. The van der Waals surface area contributed by atoms with Gasteiger partial charge in [-0.15, -0.1) is 0 Å². The van der Waals surface area contributed by atoms with Gasteiger partial charge in [0.05, 0.1) is 16.1 Å². The summed E-state index contributed by atoms with van der Waals surface area (Å²) in [5.74, 6) is -0.274. The van der Waals surface area contributed by atoms with Gasteiger partial charge in [-0.1, -0.05) is 17.7 Å². The van der Waals surface area contributed by atoms with E-state index >= 15 is 0 Å². The van der Waals surface area contributed by atoms with E-state index < -0.39 is 11.7 Å². The van der Waals surface area contributed by atoms with Crippen LogP contribution in [0.5, 0.6) is 0 Å². The second-order valence-corrected chi connectivity index (χ2v) is 7.66. The molecule has 0 bridgehead atoms. The number of benzene rings is 2. The van der Waals surface area contributed by atoms with Crippen molar-refractivity contribution in [3.8, 4) is 17.3 Å². The van der Waals surface area contributed by atoms with E-state index in [-0.39, 0.29) is 10.6 Å². The monoisotopic (exact) mass is 444 g/mol. The van der Waals surface area contributed by atoms with Gasteiger partial charge in [0.25, 0.3) is 5.91 Å². The number of pyridine rings is 1. The zero-order valence-electron chi connectivity index (χ0n) is 16.5. The first kappa shape index (κ1) is 19.8. The summed E-state index contributed by atoms with van der Waals surface area (Å²) in [6.07, 6.45) is 6.83. The van der Waals surface area contributed by atoms with Crippen molar-refractivity contribution in [3.63, 3.8) is 0 Å². The molecule has 3 heterocycles. The van der Waals surface area contributed by atoms with Crippen molar-refractivity contribution in [1.29, 1.82) is 5.26 Å². The number of aromatic nitrogens is 3. The number of amides is 1. The van der Waals surface area contributed by atoms with E-state index in [4.69, 9.17) is 16.9 Å². The lowest BCUT2D eigenvalue weighted by atomic mass is 10.0. The van der Waals surface area contributed by atoms with Crippen LogP contribution in [0.4, 0.5) is 15.9 Å². The van der Waals surface area contributed by atoms with E-state index in [1.807, 2.05) is 23.1 Å². The van der Waals surface area contributed by atoms with Crippen LogP contribution in [0.2, 0.25) is 5.02 Å². The van der Waals surface area contributed by atoms with E-state index in [0.717, 1.165) is 27.7 Å². The number of fused-ring (bicyclic) bond motifs is 2. The first-order valence-corrected chi connectivity index (χ1v) is 10.1. The van der Waals surface area contributed by atoms with Crippen LogP contribution in [0.15, 0.2) is 55.1 Å². The zero-order valence-corrected chi connectivity index (χ0v) is 17.3. The minimum absolute atomic E-state index is 0.0632. The summed E-state index contributed by atoms with van der Waals surface area (Å²) >= 11 is 6.04. The summed E-state index contributed by atoms with van der Waals surface area (Å²) in [6.45, 7) is 0.636. The average molecular weight is 445 g/mol. The fourth-order valence-corrected chi connectivity index (χ4v) is 4.04. The van der Waals surface area contributed by atoms with Crippen molar-refractivity contribution in [3.05, 3.63) is 77.1 Å². The fourth-order valence-electron chi connectivity index (χ4n) is 3.88. The molecule has 0 atom stereocenters. The van der Waals surface area contributed by atoms with Gasteiger partial charge in [-0.05, 0) is 47.9 Å². The van der Waals surface area contributed by atoms with Crippen LogP contribution in [-0.2, 0) is 6.42 Å². The van der Waals surface area contributed by atoms with Crippen LogP contribution in [0.1, 0.15) is 15.9 Å². The molecule has 0 fully saturated rings. The number of carbonyl (C=O) groups excluding carboxylic acids is 1. The standard InChI is InChI=1S/C23H14ClFN6O/c24-18-8-21-14(7-19(18)25)3-4-31(21)22-17-6-13(1-2-20(17)29-12-30-22)15-5-16(10-27-9-15)23(32)28-11-26/h1-2,5-10,12H,3-4H2,(H,28,32). The van der Waals surface area contributed by atoms with Gasteiger partial charge in [0.15, 0.2) is 6.19 Å². The first-order valence-electron chi connectivity index (χ1n) is 9.70. The number of anilines is 2. The third-order valence-electron chi connectivity index (χ3n) is 5.39. The molecule has 2 aromatic heterocycles. The highest BCUT2D eigenvalue weighted by atomic mass is 35.5. The predicted octanol–water partition coefficient (Wildman–Crippen LogP) is 4.39. The second-order valence-electron chi connectivity index (χ2n) is 7.25. The largest absolute Gasteiger partial charge is 0.325 e. The highest BCUT2D eigenvalue weighted by Crippen LogP contribution is 2.39. The predicted molar refractivity (Wildman–Crippen MR) is 118 cm³/mol. The molecule has 1 amide bonds. The molecule has 0 aliphatic carbocycles. The summed E-state index contributed by atoms with van der Waals surface area (Å²) in [5.41, 5.74) is 4.22. The molecule has 0 unspecified atom stereocenters. The van der Waals surface area contributed by atoms with Gasteiger partial charge in [-0.3, -0.25) is 15.1 Å². The molecule has 32 heavy (non-hydrogen) atoms. The molecule has 9 heteroatoms. The Bertz CT molecular complexity index is 1430. The summed E-state index contributed by atoms with van der Waals surface area (Å²) in [4.78, 5) is 27.0. The van der Waals surface area contributed by atoms with Gasteiger partial charge in [-0.25, -0.2) is 14.4 Å². The Morgan fingerprint density at radius 1 is 1.16 bits per heavy atom. The van der Waals surface area contributed by atoms with Gasteiger partial charge in [0.2, 0.25) is 0 Å². The fraction of sp³-hybridized carbons (Fsp3) is 0.0870. The first-order chi connectivity index (χ1) is 15.5. The van der Waals surface area contributed by atoms with Crippen molar-refractivity contribution >= 4 is 39.9 Å². The van der Waals surface area contributed by atoms with Crippen molar-refractivity contribution in [2.45, 2.75) is 6.42 Å². The quantitative estimate of drug-likeness (QED) is 0.372. The molecule has 2 aromatic carbocycles. The second kappa shape index (κ2) is 7.87. The molecule has 4 aromatic rings. The summed E-state index contributed by atoms with van der Waals surface area (Å²) in [6, 6.07) is 10.4. The maximum Gasteiger partial charge on any atom is 0.265 e. The highest BCUT2D eigenvalue weighted by molar-refractivity contribution is 6.31. The number of halogens is 2. The molecule has 7 nitrogen and oxygen atoms in total. The number of nitriles is 1. The Hall–Kier alpha value is -4.09. The Labute approximate surface area is 187 Å². The molecular weight excluding hydrogens is 431 g/mol. The van der Waals surface area contributed by atoms with E-state index in [2.05, 4.69) is 20.3 Å². The number of hydrogen-bond acceptors (Lipinski definition) is 6. The smallest absolute Gasteiger partial charge is 0.265 e. The lowest BCUT2D eigenvalue weighted by Crippen LogP contribution is -2.17. The number of rotatable bonds is 3. The van der Waals surface area contributed by atoms with Crippen LogP contribution < -0.4 is 10.2 Å². The molecule has 0 radical (unpaired) electrons. The molecule has 1 aliphatic rings. The molecule has 0 saturated carbocycles.